The predicted octanol–water partition coefficient (Wildman–Crippen LogP) is 2.94. The van der Waals surface area contributed by atoms with Crippen LogP contribution in [-0.2, 0) is 6.42 Å². The second-order valence-electron chi connectivity index (χ2n) is 4.60. The van der Waals surface area contributed by atoms with Gasteiger partial charge in [-0.2, -0.15) is 0 Å². The molecule has 0 amide bonds. The highest BCUT2D eigenvalue weighted by molar-refractivity contribution is 7.09. The molecule has 2 unspecified atom stereocenters. The first-order valence-electron chi connectivity index (χ1n) is 5.83. The van der Waals surface area contributed by atoms with Crippen LogP contribution in [0.3, 0.4) is 0 Å². The Morgan fingerprint density at radius 2 is 2.27 bits per heavy atom. The monoisotopic (exact) mass is 225 g/mol. The summed E-state index contributed by atoms with van der Waals surface area (Å²) >= 11 is 1.73. The first-order chi connectivity index (χ1) is 7.24. The number of hydrogen-bond acceptors (Lipinski definition) is 3. The van der Waals surface area contributed by atoms with Gasteiger partial charge in [-0.3, -0.25) is 0 Å². The molecule has 1 heterocycles. The van der Waals surface area contributed by atoms with Gasteiger partial charge in [-0.15, -0.1) is 11.3 Å². The molecule has 0 radical (unpaired) electrons. The predicted molar refractivity (Wildman–Crippen MR) is 63.1 cm³/mol. The normalized spacial score (nSPS) is 27.6. The maximum Gasteiger partial charge on any atom is 0.0897 e. The molecule has 1 N–H and O–H groups in total. The van der Waals surface area contributed by atoms with Crippen LogP contribution in [0, 0.1) is 12.8 Å². The fourth-order valence-corrected chi connectivity index (χ4v) is 3.04. The van der Waals surface area contributed by atoms with E-state index in [1.54, 1.807) is 11.3 Å². The average molecular weight is 225 g/mol. The van der Waals surface area contributed by atoms with E-state index >= 15 is 0 Å². The fraction of sp³-hybridized carbons (Fsp3) is 0.750. The van der Waals surface area contributed by atoms with Crippen LogP contribution in [0.1, 0.15) is 42.8 Å². The summed E-state index contributed by atoms with van der Waals surface area (Å²) in [6.45, 7) is 2.05. The molecule has 3 heteroatoms. The molecule has 1 fully saturated rings. The zero-order chi connectivity index (χ0) is 10.7. The number of aryl methyl sites for hydroxylation is 1. The standard InChI is InChI=1S/C12H19NOS/c1-9-13-11(8-15-9)6-10-4-2-3-5-12(14)7-10/h8,10,12,14H,2-7H2,1H3. The Morgan fingerprint density at radius 1 is 1.47 bits per heavy atom. The Hall–Kier alpha value is -0.410. The van der Waals surface area contributed by atoms with Crippen molar-refractivity contribution in [1.82, 2.24) is 4.98 Å². The lowest BCUT2D eigenvalue weighted by Crippen LogP contribution is -2.12. The van der Waals surface area contributed by atoms with Gasteiger partial charge < -0.3 is 5.11 Å². The van der Waals surface area contributed by atoms with Crippen molar-refractivity contribution in [3.63, 3.8) is 0 Å². The molecule has 15 heavy (non-hydrogen) atoms. The Morgan fingerprint density at radius 3 is 3.00 bits per heavy atom. The van der Waals surface area contributed by atoms with Crippen molar-refractivity contribution in [2.45, 2.75) is 51.6 Å². The third-order valence-electron chi connectivity index (χ3n) is 3.17. The SMILES string of the molecule is Cc1nc(CC2CCCCC(O)C2)cs1. The van der Waals surface area contributed by atoms with E-state index in [2.05, 4.69) is 17.3 Å². The first-order valence-corrected chi connectivity index (χ1v) is 6.71. The van der Waals surface area contributed by atoms with Gasteiger partial charge in [0.25, 0.3) is 0 Å². The Bertz CT molecular complexity index is 310. The van der Waals surface area contributed by atoms with Crippen LogP contribution in [0.25, 0.3) is 0 Å². The van der Waals surface area contributed by atoms with Crippen LogP contribution >= 0.6 is 11.3 Å². The largest absolute Gasteiger partial charge is 0.393 e. The average Bonchev–Trinajstić information content (AvgIpc) is 2.46. The van der Waals surface area contributed by atoms with E-state index in [4.69, 9.17) is 0 Å². The molecule has 0 saturated heterocycles. The Labute approximate surface area is 95.4 Å². The number of aromatic nitrogens is 1. The summed E-state index contributed by atoms with van der Waals surface area (Å²) < 4.78 is 0. The molecule has 1 saturated carbocycles. The van der Waals surface area contributed by atoms with E-state index < -0.39 is 0 Å². The van der Waals surface area contributed by atoms with Crippen molar-refractivity contribution < 1.29 is 5.11 Å². The van der Waals surface area contributed by atoms with Crippen molar-refractivity contribution in [3.8, 4) is 0 Å². The van der Waals surface area contributed by atoms with Gasteiger partial charge >= 0.3 is 0 Å². The van der Waals surface area contributed by atoms with Gasteiger partial charge in [-0.05, 0) is 38.5 Å². The van der Waals surface area contributed by atoms with Crippen molar-refractivity contribution in [2.24, 2.45) is 5.92 Å². The maximum absolute atomic E-state index is 9.73. The molecule has 1 aromatic heterocycles. The molecule has 0 spiro atoms. The Kier molecular flexibility index (Phi) is 3.76. The van der Waals surface area contributed by atoms with Gasteiger partial charge in [-0.1, -0.05) is 12.8 Å². The number of aliphatic hydroxyl groups is 1. The summed E-state index contributed by atoms with van der Waals surface area (Å²) in [4.78, 5) is 4.50. The molecular formula is C12H19NOS. The summed E-state index contributed by atoms with van der Waals surface area (Å²) in [5, 5.41) is 13.0. The molecular weight excluding hydrogens is 206 g/mol. The number of thiazole rings is 1. The summed E-state index contributed by atoms with van der Waals surface area (Å²) in [5.41, 5.74) is 1.22. The van der Waals surface area contributed by atoms with Gasteiger partial charge in [0.2, 0.25) is 0 Å². The summed E-state index contributed by atoms with van der Waals surface area (Å²) in [6, 6.07) is 0. The highest BCUT2D eigenvalue weighted by Crippen LogP contribution is 2.26. The number of nitrogens with zero attached hydrogens (tertiary/aromatic N) is 1. The number of rotatable bonds is 2. The molecule has 2 atom stereocenters. The molecule has 1 aliphatic carbocycles. The second-order valence-corrected chi connectivity index (χ2v) is 5.66. The smallest absolute Gasteiger partial charge is 0.0897 e. The first kappa shape index (κ1) is 11.1. The molecule has 0 bridgehead atoms. The van der Waals surface area contributed by atoms with Crippen molar-refractivity contribution >= 4 is 11.3 Å². The highest BCUT2D eigenvalue weighted by Gasteiger charge is 2.19. The van der Waals surface area contributed by atoms with Gasteiger partial charge in [0.05, 0.1) is 16.8 Å². The zero-order valence-corrected chi connectivity index (χ0v) is 10.1. The molecule has 1 aliphatic rings. The van der Waals surface area contributed by atoms with Gasteiger partial charge in [0.15, 0.2) is 0 Å². The minimum Gasteiger partial charge on any atom is -0.393 e. The van der Waals surface area contributed by atoms with Gasteiger partial charge in [-0.25, -0.2) is 4.98 Å². The quantitative estimate of drug-likeness (QED) is 0.785. The van der Waals surface area contributed by atoms with E-state index in [-0.39, 0.29) is 6.10 Å². The van der Waals surface area contributed by atoms with Crippen LogP contribution in [0.5, 0.6) is 0 Å². The number of aliphatic hydroxyl groups excluding tert-OH is 1. The third kappa shape index (κ3) is 3.28. The van der Waals surface area contributed by atoms with Crippen LogP contribution < -0.4 is 0 Å². The molecule has 2 nitrogen and oxygen atoms in total. The topological polar surface area (TPSA) is 33.1 Å². The minimum absolute atomic E-state index is 0.0720. The van der Waals surface area contributed by atoms with Crippen LogP contribution in [-0.4, -0.2) is 16.2 Å². The van der Waals surface area contributed by atoms with Gasteiger partial charge in [0.1, 0.15) is 0 Å². The molecule has 1 aromatic rings. The van der Waals surface area contributed by atoms with Gasteiger partial charge in [0, 0.05) is 5.38 Å². The van der Waals surface area contributed by atoms with E-state index in [1.165, 1.54) is 25.0 Å². The number of hydrogen-bond donors (Lipinski definition) is 1. The molecule has 2 rings (SSSR count). The van der Waals surface area contributed by atoms with Crippen molar-refractivity contribution in [3.05, 3.63) is 16.1 Å². The lowest BCUT2D eigenvalue weighted by molar-refractivity contribution is 0.141. The lowest BCUT2D eigenvalue weighted by atomic mass is 9.94. The van der Waals surface area contributed by atoms with E-state index in [0.29, 0.717) is 5.92 Å². The maximum atomic E-state index is 9.73. The van der Waals surface area contributed by atoms with Crippen molar-refractivity contribution in [2.75, 3.05) is 0 Å². The van der Waals surface area contributed by atoms with Crippen LogP contribution in [0.4, 0.5) is 0 Å². The highest BCUT2D eigenvalue weighted by atomic mass is 32.1. The fourth-order valence-electron chi connectivity index (χ4n) is 2.42. The van der Waals surface area contributed by atoms with E-state index in [1.807, 2.05) is 0 Å². The van der Waals surface area contributed by atoms with E-state index in [0.717, 1.165) is 24.3 Å². The summed E-state index contributed by atoms with van der Waals surface area (Å²) in [5.74, 6) is 0.643. The van der Waals surface area contributed by atoms with E-state index in [9.17, 15) is 5.11 Å². The summed E-state index contributed by atoms with van der Waals surface area (Å²) in [7, 11) is 0. The second kappa shape index (κ2) is 5.08. The Balaban J connectivity index is 1.92. The molecule has 0 aromatic carbocycles. The zero-order valence-electron chi connectivity index (χ0n) is 9.28. The molecule has 0 aliphatic heterocycles. The minimum atomic E-state index is -0.0720. The summed E-state index contributed by atoms with van der Waals surface area (Å²) in [6.07, 6.45) is 6.66. The van der Waals surface area contributed by atoms with Crippen LogP contribution in [0.2, 0.25) is 0 Å². The lowest BCUT2D eigenvalue weighted by Gasteiger charge is -2.14. The third-order valence-corrected chi connectivity index (χ3v) is 3.99. The van der Waals surface area contributed by atoms with Crippen molar-refractivity contribution in [1.29, 1.82) is 0 Å². The molecule has 84 valence electrons. The van der Waals surface area contributed by atoms with Crippen LogP contribution in [0.15, 0.2) is 5.38 Å².